The quantitative estimate of drug-likeness (QED) is 0.177. The van der Waals surface area contributed by atoms with Gasteiger partial charge in [0.25, 0.3) is 0 Å². The molecule has 1 nitrogen and oxygen atoms in total. The summed E-state index contributed by atoms with van der Waals surface area (Å²) in [5.74, 6) is 0. The van der Waals surface area contributed by atoms with Crippen LogP contribution in [-0.2, 0) is 0 Å². The van der Waals surface area contributed by atoms with E-state index in [2.05, 4.69) is 193 Å². The van der Waals surface area contributed by atoms with Gasteiger partial charge in [-0.05, 0) is 69.4 Å². The second-order valence-corrected chi connectivity index (χ2v) is 13.2. The molecule has 0 aliphatic carbocycles. The molecule has 2 heteroatoms. The van der Waals surface area contributed by atoms with Crippen LogP contribution in [0.3, 0.4) is 0 Å². The zero-order valence-electron chi connectivity index (χ0n) is 26.3. The lowest BCUT2D eigenvalue weighted by Crippen LogP contribution is -2.11. The van der Waals surface area contributed by atoms with E-state index in [0.29, 0.717) is 0 Å². The van der Waals surface area contributed by atoms with Crippen molar-refractivity contribution in [2.45, 2.75) is 0 Å². The average molecular weight is 630 g/mol. The normalized spacial score (nSPS) is 11.3. The lowest BCUT2D eigenvalue weighted by atomic mass is 9.97. The average Bonchev–Trinajstić information content (AvgIpc) is 3.55. The lowest BCUT2D eigenvalue weighted by Gasteiger charge is -2.28. The van der Waals surface area contributed by atoms with Crippen LogP contribution in [0.5, 0.6) is 0 Å². The van der Waals surface area contributed by atoms with Crippen LogP contribution in [0.2, 0.25) is 0 Å². The first-order valence-electron chi connectivity index (χ1n) is 16.4. The van der Waals surface area contributed by atoms with Crippen molar-refractivity contribution < 1.29 is 0 Å². The van der Waals surface area contributed by atoms with E-state index >= 15 is 0 Å². The minimum absolute atomic E-state index is 1.11. The topological polar surface area (TPSA) is 3.24 Å². The predicted octanol–water partition coefficient (Wildman–Crippen LogP) is 13.7. The van der Waals surface area contributed by atoms with Crippen molar-refractivity contribution in [3.8, 4) is 33.4 Å². The number of para-hydroxylation sites is 1. The second kappa shape index (κ2) is 12.0. The van der Waals surface area contributed by atoms with Gasteiger partial charge in [0, 0.05) is 42.7 Å². The van der Waals surface area contributed by atoms with Gasteiger partial charge in [-0.3, -0.25) is 0 Å². The van der Waals surface area contributed by atoms with Gasteiger partial charge in [0.2, 0.25) is 0 Å². The standard InChI is InChI=1S/C46H31NS/c1-2-12-32(13-3-1)33-24-28-36(29-25-33)47(37-30-26-35(27-31-37)39-19-10-15-34-14-4-5-16-38(34)39)44-22-8-6-17-40(44)42-20-11-21-43-41-18-7-9-23-45(41)48-46(42)43/h1-31H. The van der Waals surface area contributed by atoms with Crippen molar-refractivity contribution in [3.05, 3.63) is 188 Å². The number of nitrogens with zero attached hydrogens (tertiary/aromatic N) is 1. The molecule has 0 unspecified atom stereocenters. The van der Waals surface area contributed by atoms with Crippen molar-refractivity contribution in [3.63, 3.8) is 0 Å². The van der Waals surface area contributed by atoms with E-state index in [1.54, 1.807) is 0 Å². The van der Waals surface area contributed by atoms with Gasteiger partial charge in [-0.1, -0.05) is 152 Å². The van der Waals surface area contributed by atoms with Crippen LogP contribution >= 0.6 is 11.3 Å². The number of hydrogen-bond acceptors (Lipinski definition) is 2. The largest absolute Gasteiger partial charge is 0.310 e. The molecule has 0 aliphatic rings. The fourth-order valence-electron chi connectivity index (χ4n) is 6.98. The van der Waals surface area contributed by atoms with Gasteiger partial charge in [0.15, 0.2) is 0 Å². The Labute approximate surface area is 284 Å². The molecule has 0 spiro atoms. The van der Waals surface area contributed by atoms with Gasteiger partial charge in [-0.15, -0.1) is 11.3 Å². The molecule has 0 saturated carbocycles. The summed E-state index contributed by atoms with van der Waals surface area (Å²) in [4.78, 5) is 2.41. The molecule has 8 aromatic carbocycles. The molecule has 0 radical (unpaired) electrons. The summed E-state index contributed by atoms with van der Waals surface area (Å²) < 4.78 is 2.63. The Balaban J connectivity index is 1.21. The Morgan fingerprint density at radius 3 is 1.69 bits per heavy atom. The number of fused-ring (bicyclic) bond motifs is 4. The Bertz CT molecular complexity index is 2540. The third-order valence-corrected chi connectivity index (χ3v) is 10.5. The highest BCUT2D eigenvalue weighted by Crippen LogP contribution is 2.46. The van der Waals surface area contributed by atoms with Crippen LogP contribution in [0.1, 0.15) is 0 Å². The first-order valence-corrected chi connectivity index (χ1v) is 17.2. The van der Waals surface area contributed by atoms with E-state index in [-0.39, 0.29) is 0 Å². The predicted molar refractivity (Wildman–Crippen MR) is 208 cm³/mol. The van der Waals surface area contributed by atoms with E-state index in [4.69, 9.17) is 0 Å². The van der Waals surface area contributed by atoms with Crippen LogP contribution in [0.4, 0.5) is 17.1 Å². The molecule has 9 rings (SSSR count). The molecule has 226 valence electrons. The van der Waals surface area contributed by atoms with Gasteiger partial charge in [-0.2, -0.15) is 0 Å². The molecule has 0 fully saturated rings. The number of anilines is 3. The molecule has 1 heterocycles. The first-order chi connectivity index (χ1) is 23.8. The molecule has 0 bridgehead atoms. The Morgan fingerprint density at radius 2 is 0.875 bits per heavy atom. The monoisotopic (exact) mass is 629 g/mol. The molecule has 0 aliphatic heterocycles. The smallest absolute Gasteiger partial charge is 0.0540 e. The minimum atomic E-state index is 1.11. The molecule has 48 heavy (non-hydrogen) atoms. The van der Waals surface area contributed by atoms with E-state index in [0.717, 1.165) is 17.1 Å². The lowest BCUT2D eigenvalue weighted by molar-refractivity contribution is 1.28. The van der Waals surface area contributed by atoms with E-state index in [9.17, 15) is 0 Å². The van der Waals surface area contributed by atoms with E-state index in [1.807, 2.05) is 11.3 Å². The van der Waals surface area contributed by atoms with Crippen molar-refractivity contribution in [2.75, 3.05) is 4.90 Å². The van der Waals surface area contributed by atoms with Gasteiger partial charge in [0.05, 0.1) is 5.69 Å². The Kier molecular flexibility index (Phi) is 7.07. The van der Waals surface area contributed by atoms with E-state index in [1.165, 1.54) is 64.3 Å². The van der Waals surface area contributed by atoms with Crippen LogP contribution in [0.15, 0.2) is 188 Å². The summed E-state index contributed by atoms with van der Waals surface area (Å²) in [5.41, 5.74) is 10.7. The third-order valence-electron chi connectivity index (χ3n) is 9.30. The van der Waals surface area contributed by atoms with E-state index < -0.39 is 0 Å². The van der Waals surface area contributed by atoms with Crippen molar-refractivity contribution in [2.24, 2.45) is 0 Å². The summed E-state index contributed by atoms with van der Waals surface area (Å²) in [6, 6.07) is 68.1. The molecular formula is C46H31NS. The van der Waals surface area contributed by atoms with Gasteiger partial charge in [0.1, 0.15) is 0 Å². The Hall–Kier alpha value is -5.96. The van der Waals surface area contributed by atoms with Crippen molar-refractivity contribution in [1.82, 2.24) is 0 Å². The highest BCUT2D eigenvalue weighted by Gasteiger charge is 2.20. The molecule has 9 aromatic rings. The van der Waals surface area contributed by atoms with Crippen LogP contribution in [0.25, 0.3) is 64.3 Å². The van der Waals surface area contributed by atoms with Crippen LogP contribution < -0.4 is 4.90 Å². The molecule has 0 amide bonds. The third kappa shape index (κ3) is 4.95. The maximum Gasteiger partial charge on any atom is 0.0540 e. The second-order valence-electron chi connectivity index (χ2n) is 12.1. The SMILES string of the molecule is c1ccc(-c2ccc(N(c3ccc(-c4cccc5ccccc45)cc3)c3ccccc3-c3cccc4c3sc3ccccc34)cc2)cc1. The van der Waals surface area contributed by atoms with Gasteiger partial charge >= 0.3 is 0 Å². The summed E-state index contributed by atoms with van der Waals surface area (Å²) in [5, 5.41) is 5.14. The van der Waals surface area contributed by atoms with Gasteiger partial charge in [-0.25, -0.2) is 0 Å². The zero-order chi connectivity index (χ0) is 31.9. The number of thiophene rings is 1. The summed E-state index contributed by atoms with van der Waals surface area (Å²) >= 11 is 1.88. The van der Waals surface area contributed by atoms with Gasteiger partial charge < -0.3 is 4.90 Å². The number of benzene rings is 8. The number of rotatable bonds is 6. The fourth-order valence-corrected chi connectivity index (χ4v) is 8.21. The maximum absolute atomic E-state index is 2.41. The fraction of sp³-hybridized carbons (Fsp3) is 0. The zero-order valence-corrected chi connectivity index (χ0v) is 27.1. The summed E-state index contributed by atoms with van der Waals surface area (Å²) in [6.45, 7) is 0. The molecule has 0 N–H and O–H groups in total. The van der Waals surface area contributed by atoms with Crippen LogP contribution in [-0.4, -0.2) is 0 Å². The molecule has 1 aromatic heterocycles. The Morgan fingerprint density at radius 1 is 0.333 bits per heavy atom. The number of hydrogen-bond donors (Lipinski definition) is 0. The first kappa shape index (κ1) is 28.3. The highest BCUT2D eigenvalue weighted by molar-refractivity contribution is 7.26. The highest BCUT2D eigenvalue weighted by atomic mass is 32.1. The van der Waals surface area contributed by atoms with Crippen molar-refractivity contribution >= 4 is 59.3 Å². The molecule has 0 saturated heterocycles. The molecule has 0 atom stereocenters. The van der Waals surface area contributed by atoms with Crippen LogP contribution in [0, 0.1) is 0 Å². The minimum Gasteiger partial charge on any atom is -0.310 e. The maximum atomic E-state index is 2.41. The summed E-state index contributed by atoms with van der Waals surface area (Å²) in [7, 11) is 0. The van der Waals surface area contributed by atoms with Crippen molar-refractivity contribution in [1.29, 1.82) is 0 Å². The molecular weight excluding hydrogens is 599 g/mol. The summed E-state index contributed by atoms with van der Waals surface area (Å²) in [6.07, 6.45) is 0.